The number of benzene rings is 1. The first-order valence-electron chi connectivity index (χ1n) is 5.63. The third-order valence-corrected chi connectivity index (χ3v) is 3.03. The van der Waals surface area contributed by atoms with Gasteiger partial charge in [0.2, 0.25) is 0 Å². The van der Waals surface area contributed by atoms with Crippen LogP contribution >= 0.6 is 0 Å². The molecular weight excluding hydrogens is 207 g/mol. The Labute approximate surface area is 94.9 Å². The molecule has 1 fully saturated rings. The van der Waals surface area contributed by atoms with Gasteiger partial charge in [-0.05, 0) is 6.07 Å². The number of nitrogens with one attached hydrogen (secondary N) is 1. The van der Waals surface area contributed by atoms with Gasteiger partial charge in [0.25, 0.3) is 0 Å². The summed E-state index contributed by atoms with van der Waals surface area (Å²) in [6.45, 7) is 3.44. The monoisotopic (exact) mass is 224 g/mol. The summed E-state index contributed by atoms with van der Waals surface area (Å²) >= 11 is 0. The Kier molecular flexibility index (Phi) is 3.88. The highest BCUT2D eigenvalue weighted by Crippen LogP contribution is 2.22. The van der Waals surface area contributed by atoms with Crippen LogP contribution in [0.15, 0.2) is 24.3 Å². The summed E-state index contributed by atoms with van der Waals surface area (Å²) in [6.07, 6.45) is 0. The van der Waals surface area contributed by atoms with Gasteiger partial charge in [0.15, 0.2) is 0 Å². The molecule has 4 heteroatoms. The number of hydrogen-bond donors (Lipinski definition) is 2. The summed E-state index contributed by atoms with van der Waals surface area (Å²) in [6, 6.07) is 6.45. The Balaban J connectivity index is 2.18. The van der Waals surface area contributed by atoms with E-state index in [1.165, 1.54) is 6.07 Å². The lowest BCUT2D eigenvalue weighted by Gasteiger charge is -2.34. The largest absolute Gasteiger partial charge is 0.394 e. The maximum Gasteiger partial charge on any atom is 0.128 e. The molecule has 1 unspecified atom stereocenters. The van der Waals surface area contributed by atoms with Crippen LogP contribution in [-0.4, -0.2) is 42.8 Å². The van der Waals surface area contributed by atoms with E-state index in [0.29, 0.717) is 5.56 Å². The smallest absolute Gasteiger partial charge is 0.128 e. The molecule has 1 saturated heterocycles. The summed E-state index contributed by atoms with van der Waals surface area (Å²) in [7, 11) is 0. The van der Waals surface area contributed by atoms with Crippen LogP contribution < -0.4 is 5.32 Å². The van der Waals surface area contributed by atoms with E-state index in [2.05, 4.69) is 10.2 Å². The first-order chi connectivity index (χ1) is 7.83. The fourth-order valence-corrected chi connectivity index (χ4v) is 2.15. The number of aliphatic hydroxyl groups is 1. The Morgan fingerprint density at radius 1 is 1.31 bits per heavy atom. The van der Waals surface area contributed by atoms with Crippen molar-refractivity contribution in [3.63, 3.8) is 0 Å². The summed E-state index contributed by atoms with van der Waals surface area (Å²) in [5.74, 6) is -0.236. The predicted octanol–water partition coefficient (Wildman–Crippen LogP) is 0.764. The molecule has 16 heavy (non-hydrogen) atoms. The second-order valence-corrected chi connectivity index (χ2v) is 4.01. The summed E-state index contributed by atoms with van der Waals surface area (Å²) in [5, 5.41) is 12.7. The minimum Gasteiger partial charge on any atom is -0.394 e. The molecule has 2 N–H and O–H groups in total. The van der Waals surface area contributed by atoms with E-state index >= 15 is 0 Å². The minimum absolute atomic E-state index is 0.0407. The molecule has 3 nitrogen and oxygen atoms in total. The molecule has 0 spiro atoms. The van der Waals surface area contributed by atoms with E-state index in [9.17, 15) is 9.50 Å². The third kappa shape index (κ3) is 2.40. The molecule has 1 aromatic carbocycles. The molecule has 0 saturated carbocycles. The quantitative estimate of drug-likeness (QED) is 0.796. The highest BCUT2D eigenvalue weighted by molar-refractivity contribution is 5.21. The Morgan fingerprint density at radius 3 is 2.62 bits per heavy atom. The molecule has 0 amide bonds. The van der Waals surface area contributed by atoms with Crippen molar-refractivity contribution in [2.45, 2.75) is 6.04 Å². The summed E-state index contributed by atoms with van der Waals surface area (Å²) in [4.78, 5) is 2.12. The summed E-state index contributed by atoms with van der Waals surface area (Å²) in [5.41, 5.74) is 0.590. The van der Waals surface area contributed by atoms with E-state index in [1.807, 2.05) is 6.07 Å². The average molecular weight is 224 g/mol. The predicted molar refractivity (Wildman–Crippen MR) is 60.7 cm³/mol. The number of piperazine rings is 1. The van der Waals surface area contributed by atoms with E-state index in [1.54, 1.807) is 12.1 Å². The lowest BCUT2D eigenvalue weighted by atomic mass is 10.0. The van der Waals surface area contributed by atoms with E-state index < -0.39 is 0 Å². The van der Waals surface area contributed by atoms with Gasteiger partial charge in [0.05, 0.1) is 12.6 Å². The average Bonchev–Trinajstić information content (AvgIpc) is 2.34. The van der Waals surface area contributed by atoms with E-state index in [4.69, 9.17) is 0 Å². The van der Waals surface area contributed by atoms with Crippen molar-refractivity contribution in [2.24, 2.45) is 0 Å². The Bertz CT molecular complexity index is 340. The van der Waals surface area contributed by atoms with Crippen molar-refractivity contribution in [1.29, 1.82) is 0 Å². The van der Waals surface area contributed by atoms with Crippen LogP contribution in [-0.2, 0) is 0 Å². The SMILES string of the molecule is OCC(c1ccccc1F)N1CCNCC1. The zero-order valence-corrected chi connectivity index (χ0v) is 9.19. The van der Waals surface area contributed by atoms with E-state index in [-0.39, 0.29) is 18.5 Å². The van der Waals surface area contributed by atoms with Crippen molar-refractivity contribution >= 4 is 0 Å². The first-order valence-corrected chi connectivity index (χ1v) is 5.63. The summed E-state index contributed by atoms with van der Waals surface area (Å²) < 4.78 is 13.6. The van der Waals surface area contributed by atoms with Crippen molar-refractivity contribution in [3.05, 3.63) is 35.6 Å². The Hall–Kier alpha value is -0.970. The van der Waals surface area contributed by atoms with Gasteiger partial charge in [0, 0.05) is 31.7 Å². The highest BCUT2D eigenvalue weighted by Gasteiger charge is 2.23. The van der Waals surface area contributed by atoms with Gasteiger partial charge >= 0.3 is 0 Å². The van der Waals surface area contributed by atoms with Gasteiger partial charge in [-0.2, -0.15) is 0 Å². The molecule has 1 heterocycles. The molecule has 1 aliphatic rings. The van der Waals surface area contributed by atoms with E-state index in [0.717, 1.165) is 26.2 Å². The van der Waals surface area contributed by atoms with Crippen LogP contribution in [0.25, 0.3) is 0 Å². The van der Waals surface area contributed by atoms with Crippen molar-refractivity contribution < 1.29 is 9.50 Å². The van der Waals surface area contributed by atoms with Crippen LogP contribution in [0.2, 0.25) is 0 Å². The number of aliphatic hydroxyl groups excluding tert-OH is 1. The van der Waals surface area contributed by atoms with Crippen molar-refractivity contribution in [1.82, 2.24) is 10.2 Å². The van der Waals surface area contributed by atoms with Crippen molar-refractivity contribution in [2.75, 3.05) is 32.8 Å². The van der Waals surface area contributed by atoms with Crippen LogP contribution in [0.4, 0.5) is 4.39 Å². The molecule has 0 radical (unpaired) electrons. The number of nitrogens with zero attached hydrogens (tertiary/aromatic N) is 1. The lowest BCUT2D eigenvalue weighted by Crippen LogP contribution is -2.46. The van der Waals surface area contributed by atoms with Gasteiger partial charge in [-0.25, -0.2) is 4.39 Å². The van der Waals surface area contributed by atoms with Crippen LogP contribution in [0.5, 0.6) is 0 Å². The van der Waals surface area contributed by atoms with Crippen molar-refractivity contribution in [3.8, 4) is 0 Å². The zero-order valence-electron chi connectivity index (χ0n) is 9.19. The van der Waals surface area contributed by atoms with Crippen LogP contribution in [0.3, 0.4) is 0 Å². The van der Waals surface area contributed by atoms with Gasteiger partial charge in [0.1, 0.15) is 5.82 Å². The molecule has 0 aromatic heterocycles. The van der Waals surface area contributed by atoms with Gasteiger partial charge < -0.3 is 10.4 Å². The highest BCUT2D eigenvalue weighted by atomic mass is 19.1. The maximum atomic E-state index is 13.6. The lowest BCUT2D eigenvalue weighted by molar-refractivity contribution is 0.108. The standard InChI is InChI=1S/C12H17FN2O/c13-11-4-2-1-3-10(11)12(9-16)15-7-5-14-6-8-15/h1-4,12,14,16H,5-9H2. The third-order valence-electron chi connectivity index (χ3n) is 3.03. The Morgan fingerprint density at radius 2 is 2.00 bits per heavy atom. The van der Waals surface area contributed by atoms with Gasteiger partial charge in [-0.3, -0.25) is 4.90 Å². The molecule has 88 valence electrons. The number of rotatable bonds is 3. The molecule has 2 rings (SSSR count). The second-order valence-electron chi connectivity index (χ2n) is 4.01. The number of hydrogen-bond acceptors (Lipinski definition) is 3. The number of halogens is 1. The molecule has 1 aliphatic heterocycles. The first kappa shape index (κ1) is 11.5. The topological polar surface area (TPSA) is 35.5 Å². The minimum atomic E-state index is -0.236. The molecule has 1 atom stereocenters. The van der Waals surface area contributed by atoms with Crippen LogP contribution in [0, 0.1) is 5.82 Å². The van der Waals surface area contributed by atoms with Crippen LogP contribution in [0.1, 0.15) is 11.6 Å². The molecule has 0 bridgehead atoms. The molecule has 0 aliphatic carbocycles. The zero-order chi connectivity index (χ0) is 11.4. The second kappa shape index (κ2) is 5.39. The molecule has 1 aromatic rings. The van der Waals surface area contributed by atoms with Gasteiger partial charge in [-0.1, -0.05) is 18.2 Å². The fraction of sp³-hybridized carbons (Fsp3) is 0.500. The maximum absolute atomic E-state index is 13.6. The normalized spacial score (nSPS) is 19.6. The van der Waals surface area contributed by atoms with Gasteiger partial charge in [-0.15, -0.1) is 0 Å². The molecular formula is C12H17FN2O. The fourth-order valence-electron chi connectivity index (χ4n) is 2.15.